The molecule has 0 spiro atoms. The Morgan fingerprint density at radius 3 is 2.42 bits per heavy atom. The van der Waals surface area contributed by atoms with E-state index in [-0.39, 0.29) is 11.6 Å². The Bertz CT molecular complexity index is 1370. The number of alkyl halides is 3. The Labute approximate surface area is 185 Å². The minimum atomic E-state index is -4.73. The molecule has 0 aliphatic rings. The molecule has 4 rings (SSSR count). The first-order chi connectivity index (χ1) is 15.6. The fourth-order valence-corrected chi connectivity index (χ4v) is 3.32. The van der Waals surface area contributed by atoms with Crippen LogP contribution in [0.15, 0.2) is 60.8 Å². The predicted octanol–water partition coefficient (Wildman–Crippen LogP) is 5.99. The summed E-state index contributed by atoms with van der Waals surface area (Å²) in [5, 5.41) is 5.61. The van der Waals surface area contributed by atoms with Crippen LogP contribution in [0.2, 0.25) is 0 Å². The number of amides is 2. The van der Waals surface area contributed by atoms with E-state index in [0.29, 0.717) is 28.9 Å². The average Bonchev–Trinajstić information content (AvgIpc) is 2.73. The lowest BCUT2D eigenvalue weighted by molar-refractivity contribution is -0.137. The molecule has 4 N–H and O–H groups in total. The highest BCUT2D eigenvalue weighted by Gasteiger charge is 2.31. The van der Waals surface area contributed by atoms with Crippen molar-refractivity contribution in [2.24, 2.45) is 0 Å². The van der Waals surface area contributed by atoms with Gasteiger partial charge in [0.05, 0.1) is 11.1 Å². The van der Waals surface area contributed by atoms with E-state index in [1.165, 1.54) is 0 Å². The number of nitrogen functional groups attached to an aromatic ring is 1. The Morgan fingerprint density at radius 1 is 0.970 bits per heavy atom. The number of carbonyl (C=O) groups is 1. The van der Waals surface area contributed by atoms with Crippen LogP contribution < -0.4 is 16.4 Å². The van der Waals surface area contributed by atoms with Crippen molar-refractivity contribution in [3.8, 4) is 11.1 Å². The van der Waals surface area contributed by atoms with Gasteiger partial charge in [0.15, 0.2) is 0 Å². The van der Waals surface area contributed by atoms with Crippen molar-refractivity contribution in [3.05, 3.63) is 77.7 Å². The lowest BCUT2D eigenvalue weighted by Crippen LogP contribution is -2.20. The molecule has 6 nitrogen and oxygen atoms in total. The van der Waals surface area contributed by atoms with Crippen LogP contribution in [-0.4, -0.2) is 16.0 Å². The first-order valence-corrected chi connectivity index (χ1v) is 9.67. The molecule has 3 aromatic carbocycles. The van der Waals surface area contributed by atoms with Gasteiger partial charge < -0.3 is 16.4 Å². The molecule has 0 unspecified atom stereocenters. The summed E-state index contributed by atoms with van der Waals surface area (Å²) in [5.41, 5.74) is 7.74. The van der Waals surface area contributed by atoms with Crippen molar-refractivity contribution >= 4 is 34.3 Å². The van der Waals surface area contributed by atoms with Crippen LogP contribution in [0.3, 0.4) is 0 Å². The highest BCUT2D eigenvalue weighted by molar-refractivity contribution is 6.00. The highest BCUT2D eigenvalue weighted by atomic mass is 19.4. The molecule has 1 aromatic heterocycles. The van der Waals surface area contributed by atoms with Gasteiger partial charge >= 0.3 is 12.2 Å². The van der Waals surface area contributed by atoms with Gasteiger partial charge in [0.2, 0.25) is 5.95 Å². The van der Waals surface area contributed by atoms with Crippen molar-refractivity contribution in [2.45, 2.75) is 13.1 Å². The standard InChI is InChI=1S/C23H17F4N5O/c1-12-6-13(14-3-5-20-15(7-14)11-29-21(28)31-20)2-4-19(12)32-22(33)30-18-9-16(23(25,26)27)8-17(24)10-18/h2-11H,1H3,(H2,28,29,31)(H2,30,32,33). The quantitative estimate of drug-likeness (QED) is 0.331. The second kappa shape index (κ2) is 8.38. The van der Waals surface area contributed by atoms with E-state index >= 15 is 0 Å². The summed E-state index contributed by atoms with van der Waals surface area (Å²) in [6.07, 6.45) is -3.10. The lowest BCUT2D eigenvalue weighted by atomic mass is 10.0. The Balaban J connectivity index is 1.51. The maximum atomic E-state index is 13.5. The van der Waals surface area contributed by atoms with Gasteiger partial charge in [0, 0.05) is 23.0 Å². The Hall–Kier alpha value is -4.21. The molecule has 0 saturated carbocycles. The third kappa shape index (κ3) is 5.00. The van der Waals surface area contributed by atoms with Gasteiger partial charge in [-0.05, 0) is 66.1 Å². The van der Waals surface area contributed by atoms with Crippen LogP contribution in [0.25, 0.3) is 22.0 Å². The maximum Gasteiger partial charge on any atom is 0.416 e. The summed E-state index contributed by atoms with van der Waals surface area (Å²) in [7, 11) is 0. The number of urea groups is 1. The third-order valence-corrected chi connectivity index (χ3v) is 4.89. The van der Waals surface area contributed by atoms with Gasteiger partial charge in [-0.2, -0.15) is 13.2 Å². The van der Waals surface area contributed by atoms with Gasteiger partial charge in [-0.1, -0.05) is 12.1 Å². The summed E-state index contributed by atoms with van der Waals surface area (Å²) in [4.78, 5) is 20.4. The first kappa shape index (κ1) is 22.0. The molecule has 1 heterocycles. The maximum absolute atomic E-state index is 13.5. The number of carbonyl (C=O) groups excluding carboxylic acids is 1. The molecule has 0 bridgehead atoms. The van der Waals surface area contributed by atoms with E-state index in [1.807, 2.05) is 24.3 Å². The molecule has 2 amide bonds. The van der Waals surface area contributed by atoms with Crippen LogP contribution >= 0.6 is 0 Å². The first-order valence-electron chi connectivity index (χ1n) is 9.67. The minimum Gasteiger partial charge on any atom is -0.368 e. The van der Waals surface area contributed by atoms with Crippen LogP contribution in [-0.2, 0) is 6.18 Å². The van der Waals surface area contributed by atoms with E-state index in [2.05, 4.69) is 20.6 Å². The van der Waals surface area contributed by atoms with E-state index in [1.54, 1.807) is 25.3 Å². The summed E-state index contributed by atoms with van der Waals surface area (Å²) >= 11 is 0. The molecule has 33 heavy (non-hydrogen) atoms. The second-order valence-corrected chi connectivity index (χ2v) is 7.34. The minimum absolute atomic E-state index is 0.188. The largest absolute Gasteiger partial charge is 0.416 e. The predicted molar refractivity (Wildman–Crippen MR) is 118 cm³/mol. The van der Waals surface area contributed by atoms with Gasteiger partial charge in [0.25, 0.3) is 0 Å². The molecule has 0 aliphatic heterocycles. The molecule has 4 aromatic rings. The number of hydrogen-bond donors (Lipinski definition) is 3. The molecule has 0 atom stereocenters. The number of nitrogens with two attached hydrogens (primary N) is 1. The number of aryl methyl sites for hydroxylation is 1. The second-order valence-electron chi connectivity index (χ2n) is 7.34. The van der Waals surface area contributed by atoms with Crippen LogP contribution in [0.4, 0.5) is 39.7 Å². The average molecular weight is 455 g/mol. The number of nitrogens with zero attached hydrogens (tertiary/aromatic N) is 2. The number of aromatic nitrogens is 2. The smallest absolute Gasteiger partial charge is 0.368 e. The highest BCUT2D eigenvalue weighted by Crippen LogP contribution is 2.32. The van der Waals surface area contributed by atoms with Crippen molar-refractivity contribution in [2.75, 3.05) is 16.4 Å². The monoisotopic (exact) mass is 455 g/mol. The molecule has 0 saturated heterocycles. The van der Waals surface area contributed by atoms with Crippen LogP contribution in [0, 0.1) is 12.7 Å². The zero-order valence-corrected chi connectivity index (χ0v) is 17.2. The number of benzene rings is 3. The Morgan fingerprint density at radius 2 is 1.70 bits per heavy atom. The van der Waals surface area contributed by atoms with E-state index in [4.69, 9.17) is 5.73 Å². The lowest BCUT2D eigenvalue weighted by Gasteiger charge is -2.13. The summed E-state index contributed by atoms with van der Waals surface area (Å²) in [5.74, 6) is -0.920. The topological polar surface area (TPSA) is 92.9 Å². The number of nitrogens with one attached hydrogen (secondary N) is 2. The molecule has 0 fully saturated rings. The van der Waals surface area contributed by atoms with E-state index < -0.39 is 23.6 Å². The van der Waals surface area contributed by atoms with E-state index in [9.17, 15) is 22.4 Å². The van der Waals surface area contributed by atoms with Crippen molar-refractivity contribution in [1.29, 1.82) is 0 Å². The SMILES string of the molecule is Cc1cc(-c2ccc3nc(N)ncc3c2)ccc1NC(=O)Nc1cc(F)cc(C(F)(F)F)c1. The molecule has 0 aliphatic carbocycles. The zero-order valence-electron chi connectivity index (χ0n) is 17.2. The van der Waals surface area contributed by atoms with Gasteiger partial charge in [0.1, 0.15) is 5.82 Å². The fourth-order valence-electron chi connectivity index (χ4n) is 3.32. The van der Waals surface area contributed by atoms with Crippen LogP contribution in [0.5, 0.6) is 0 Å². The van der Waals surface area contributed by atoms with Crippen molar-refractivity contribution < 1.29 is 22.4 Å². The van der Waals surface area contributed by atoms with Gasteiger partial charge in [-0.3, -0.25) is 0 Å². The van der Waals surface area contributed by atoms with Crippen LogP contribution in [0.1, 0.15) is 11.1 Å². The van der Waals surface area contributed by atoms with Gasteiger partial charge in [-0.15, -0.1) is 0 Å². The molecular weight excluding hydrogens is 438 g/mol. The molecule has 168 valence electrons. The number of anilines is 3. The summed E-state index contributed by atoms with van der Waals surface area (Å²) in [6, 6.07) is 11.9. The summed E-state index contributed by atoms with van der Waals surface area (Å²) in [6.45, 7) is 1.77. The zero-order chi connectivity index (χ0) is 23.8. The number of halogens is 4. The molecular formula is C23H17F4N5O. The summed E-state index contributed by atoms with van der Waals surface area (Å²) < 4.78 is 52.1. The Kier molecular flexibility index (Phi) is 5.59. The fraction of sp³-hybridized carbons (Fsp3) is 0.0870. The van der Waals surface area contributed by atoms with E-state index in [0.717, 1.165) is 22.6 Å². The number of rotatable bonds is 3. The van der Waals surface area contributed by atoms with Crippen molar-refractivity contribution in [3.63, 3.8) is 0 Å². The molecule has 10 heteroatoms. The molecule has 0 radical (unpaired) electrons. The number of hydrogen-bond acceptors (Lipinski definition) is 4. The normalized spacial score (nSPS) is 11.4. The van der Waals surface area contributed by atoms with Gasteiger partial charge in [-0.25, -0.2) is 19.2 Å². The number of fused-ring (bicyclic) bond motifs is 1. The third-order valence-electron chi connectivity index (χ3n) is 4.89. The van der Waals surface area contributed by atoms with Crippen molar-refractivity contribution in [1.82, 2.24) is 9.97 Å².